The SMILES string of the molecule is CNCC1(CNCc2cc(C)c(C)cc2OC)CC1. The maximum Gasteiger partial charge on any atom is 0.123 e. The van der Waals surface area contributed by atoms with Crippen molar-refractivity contribution in [1.29, 1.82) is 0 Å². The summed E-state index contributed by atoms with van der Waals surface area (Å²) in [6.07, 6.45) is 2.68. The third-order valence-corrected chi connectivity index (χ3v) is 4.22. The van der Waals surface area contributed by atoms with Crippen LogP contribution < -0.4 is 15.4 Å². The second-order valence-corrected chi connectivity index (χ2v) is 5.88. The van der Waals surface area contributed by atoms with E-state index in [4.69, 9.17) is 4.74 Å². The van der Waals surface area contributed by atoms with Crippen molar-refractivity contribution in [2.24, 2.45) is 5.41 Å². The van der Waals surface area contributed by atoms with Gasteiger partial charge in [-0.3, -0.25) is 0 Å². The average Bonchev–Trinajstić information content (AvgIpc) is 3.14. The Hall–Kier alpha value is -1.06. The van der Waals surface area contributed by atoms with Crippen molar-refractivity contribution in [1.82, 2.24) is 10.6 Å². The van der Waals surface area contributed by atoms with Crippen LogP contribution in [0.25, 0.3) is 0 Å². The standard InChI is InChI=1S/C16H26N2O/c1-12-7-14(15(19-4)8-13(12)2)9-18-11-16(5-6-16)10-17-3/h7-8,17-18H,5-6,9-11H2,1-4H3. The van der Waals surface area contributed by atoms with Gasteiger partial charge in [0.2, 0.25) is 0 Å². The number of hydrogen-bond donors (Lipinski definition) is 2. The zero-order valence-corrected chi connectivity index (χ0v) is 12.6. The third-order valence-electron chi connectivity index (χ3n) is 4.22. The van der Waals surface area contributed by atoms with Crippen molar-refractivity contribution < 1.29 is 4.74 Å². The predicted octanol–water partition coefficient (Wildman–Crippen LogP) is 2.40. The number of benzene rings is 1. The first-order valence-electron chi connectivity index (χ1n) is 7.10. The lowest BCUT2D eigenvalue weighted by molar-refractivity contribution is 0.401. The third kappa shape index (κ3) is 3.48. The van der Waals surface area contributed by atoms with E-state index >= 15 is 0 Å². The maximum atomic E-state index is 5.47. The molecule has 0 spiro atoms. The number of rotatable bonds is 7. The number of hydrogen-bond acceptors (Lipinski definition) is 3. The molecule has 19 heavy (non-hydrogen) atoms. The summed E-state index contributed by atoms with van der Waals surface area (Å²) >= 11 is 0. The predicted molar refractivity (Wildman–Crippen MR) is 79.8 cm³/mol. The zero-order valence-electron chi connectivity index (χ0n) is 12.6. The van der Waals surface area contributed by atoms with Gasteiger partial charge in [0.1, 0.15) is 5.75 Å². The molecule has 106 valence electrons. The minimum atomic E-state index is 0.502. The Morgan fingerprint density at radius 1 is 1.16 bits per heavy atom. The van der Waals surface area contributed by atoms with E-state index in [0.29, 0.717) is 5.41 Å². The first-order chi connectivity index (χ1) is 9.10. The lowest BCUT2D eigenvalue weighted by atomic mass is 10.0. The zero-order chi connectivity index (χ0) is 13.9. The molecule has 0 bridgehead atoms. The highest BCUT2D eigenvalue weighted by Gasteiger charge is 2.41. The van der Waals surface area contributed by atoms with Gasteiger partial charge < -0.3 is 15.4 Å². The van der Waals surface area contributed by atoms with Gasteiger partial charge >= 0.3 is 0 Å². The van der Waals surface area contributed by atoms with E-state index < -0.39 is 0 Å². The van der Waals surface area contributed by atoms with Crippen LogP contribution in [0.15, 0.2) is 12.1 Å². The molecule has 0 saturated heterocycles. The molecular weight excluding hydrogens is 236 g/mol. The highest BCUT2D eigenvalue weighted by atomic mass is 16.5. The molecule has 0 aliphatic heterocycles. The molecule has 1 fully saturated rings. The van der Waals surface area contributed by atoms with Crippen molar-refractivity contribution in [2.75, 3.05) is 27.2 Å². The molecule has 3 heteroatoms. The lowest BCUT2D eigenvalue weighted by Gasteiger charge is -2.17. The van der Waals surface area contributed by atoms with Crippen molar-refractivity contribution in [3.8, 4) is 5.75 Å². The molecule has 0 atom stereocenters. The summed E-state index contributed by atoms with van der Waals surface area (Å²) in [6.45, 7) is 7.37. The van der Waals surface area contributed by atoms with Crippen LogP contribution in [0, 0.1) is 19.3 Å². The molecular formula is C16H26N2O. The quantitative estimate of drug-likeness (QED) is 0.791. The van der Waals surface area contributed by atoms with Crippen molar-refractivity contribution in [3.05, 3.63) is 28.8 Å². The number of methoxy groups -OCH3 is 1. The molecule has 0 amide bonds. The van der Waals surface area contributed by atoms with E-state index in [9.17, 15) is 0 Å². The highest BCUT2D eigenvalue weighted by Crippen LogP contribution is 2.44. The summed E-state index contributed by atoms with van der Waals surface area (Å²) in [5.74, 6) is 0.995. The summed E-state index contributed by atoms with van der Waals surface area (Å²) in [5.41, 5.74) is 4.37. The Balaban J connectivity index is 1.94. The number of ether oxygens (including phenoxy) is 1. The topological polar surface area (TPSA) is 33.3 Å². The molecule has 1 saturated carbocycles. The summed E-state index contributed by atoms with van der Waals surface area (Å²) in [5, 5.41) is 6.88. The molecule has 0 heterocycles. The smallest absolute Gasteiger partial charge is 0.123 e. The van der Waals surface area contributed by atoms with Crippen LogP contribution >= 0.6 is 0 Å². The molecule has 2 N–H and O–H groups in total. The van der Waals surface area contributed by atoms with Crippen LogP contribution in [0.5, 0.6) is 5.75 Å². The van der Waals surface area contributed by atoms with Gasteiger partial charge in [-0.15, -0.1) is 0 Å². The fourth-order valence-electron chi connectivity index (χ4n) is 2.61. The molecule has 0 unspecified atom stereocenters. The van der Waals surface area contributed by atoms with Gasteiger partial charge in [-0.05, 0) is 56.3 Å². The molecule has 0 aromatic heterocycles. The van der Waals surface area contributed by atoms with E-state index in [1.54, 1.807) is 7.11 Å². The first-order valence-corrected chi connectivity index (χ1v) is 7.10. The second-order valence-electron chi connectivity index (χ2n) is 5.88. The maximum absolute atomic E-state index is 5.47. The van der Waals surface area contributed by atoms with Crippen LogP contribution in [0.4, 0.5) is 0 Å². The van der Waals surface area contributed by atoms with Gasteiger partial charge in [-0.25, -0.2) is 0 Å². The largest absolute Gasteiger partial charge is 0.496 e. The van der Waals surface area contributed by atoms with E-state index in [2.05, 4.69) is 36.6 Å². The molecule has 1 aliphatic carbocycles. The van der Waals surface area contributed by atoms with Crippen molar-refractivity contribution >= 4 is 0 Å². The summed E-state index contributed by atoms with van der Waals surface area (Å²) < 4.78 is 5.47. The fraction of sp³-hybridized carbons (Fsp3) is 0.625. The van der Waals surface area contributed by atoms with Gasteiger partial charge in [0.15, 0.2) is 0 Å². The van der Waals surface area contributed by atoms with Crippen molar-refractivity contribution in [3.63, 3.8) is 0 Å². The summed E-state index contributed by atoms with van der Waals surface area (Å²) in [7, 11) is 3.78. The van der Waals surface area contributed by atoms with Gasteiger partial charge in [0, 0.05) is 25.2 Å². The first kappa shape index (κ1) is 14.4. The van der Waals surface area contributed by atoms with Gasteiger partial charge in [-0.1, -0.05) is 6.07 Å². The van der Waals surface area contributed by atoms with Crippen LogP contribution in [0.3, 0.4) is 0 Å². The van der Waals surface area contributed by atoms with E-state index in [0.717, 1.165) is 25.4 Å². The lowest BCUT2D eigenvalue weighted by Crippen LogP contribution is -2.31. The molecule has 1 aromatic carbocycles. The molecule has 3 nitrogen and oxygen atoms in total. The molecule has 0 radical (unpaired) electrons. The minimum Gasteiger partial charge on any atom is -0.496 e. The Morgan fingerprint density at radius 3 is 2.42 bits per heavy atom. The van der Waals surface area contributed by atoms with E-state index in [1.807, 2.05) is 7.05 Å². The monoisotopic (exact) mass is 262 g/mol. The second kappa shape index (κ2) is 5.93. The summed E-state index contributed by atoms with van der Waals surface area (Å²) in [4.78, 5) is 0. The van der Waals surface area contributed by atoms with Gasteiger partial charge in [-0.2, -0.15) is 0 Å². The number of nitrogens with one attached hydrogen (secondary N) is 2. The Labute approximate surface area is 116 Å². The fourth-order valence-corrected chi connectivity index (χ4v) is 2.61. The highest BCUT2D eigenvalue weighted by molar-refractivity contribution is 5.41. The van der Waals surface area contributed by atoms with Crippen molar-refractivity contribution in [2.45, 2.75) is 33.2 Å². The van der Waals surface area contributed by atoms with E-state index in [1.165, 1.54) is 29.5 Å². The minimum absolute atomic E-state index is 0.502. The van der Waals surface area contributed by atoms with Crippen LogP contribution in [0.1, 0.15) is 29.5 Å². The molecule has 2 rings (SSSR count). The number of aryl methyl sites for hydroxylation is 2. The molecule has 1 aliphatic rings. The Bertz CT molecular complexity index is 439. The summed E-state index contributed by atoms with van der Waals surface area (Å²) in [6, 6.07) is 4.37. The molecule has 1 aromatic rings. The van der Waals surface area contributed by atoms with E-state index in [-0.39, 0.29) is 0 Å². The Kier molecular flexibility index (Phi) is 4.48. The van der Waals surface area contributed by atoms with Gasteiger partial charge in [0.05, 0.1) is 7.11 Å². The van der Waals surface area contributed by atoms with Gasteiger partial charge in [0.25, 0.3) is 0 Å². The van der Waals surface area contributed by atoms with Crippen LogP contribution in [-0.2, 0) is 6.54 Å². The normalized spacial score (nSPS) is 16.4. The van der Waals surface area contributed by atoms with Crippen LogP contribution in [0.2, 0.25) is 0 Å². The Morgan fingerprint density at radius 2 is 1.84 bits per heavy atom. The average molecular weight is 262 g/mol. The van der Waals surface area contributed by atoms with Crippen LogP contribution in [-0.4, -0.2) is 27.2 Å².